The Morgan fingerprint density at radius 2 is 1.97 bits per heavy atom. The molecule has 0 bridgehead atoms. The summed E-state index contributed by atoms with van der Waals surface area (Å²) in [6.07, 6.45) is 1.51. The number of rotatable bonds is 9. The van der Waals surface area contributed by atoms with E-state index in [-0.39, 0.29) is 17.4 Å². The SMILES string of the molecule is CCOc1cc(/C=C2\SC(=O)N(CC(N)=O)C2=O)cc(Br)c1OCC(=O)Nc1cccc(C)c1. The van der Waals surface area contributed by atoms with Crippen molar-refractivity contribution in [3.05, 3.63) is 56.9 Å². The molecule has 3 rings (SSSR count). The van der Waals surface area contributed by atoms with Crippen LogP contribution in [-0.4, -0.2) is 47.6 Å². The number of amides is 4. The molecule has 178 valence electrons. The van der Waals surface area contributed by atoms with Crippen molar-refractivity contribution in [2.45, 2.75) is 13.8 Å². The number of nitrogens with one attached hydrogen (secondary N) is 1. The van der Waals surface area contributed by atoms with Gasteiger partial charge in [0.2, 0.25) is 5.91 Å². The van der Waals surface area contributed by atoms with E-state index < -0.39 is 23.6 Å². The fourth-order valence-corrected chi connectivity index (χ4v) is 4.49. The van der Waals surface area contributed by atoms with Crippen molar-refractivity contribution in [3.8, 4) is 11.5 Å². The van der Waals surface area contributed by atoms with Gasteiger partial charge < -0.3 is 20.5 Å². The minimum Gasteiger partial charge on any atom is -0.490 e. The number of benzene rings is 2. The van der Waals surface area contributed by atoms with E-state index in [1.165, 1.54) is 6.08 Å². The van der Waals surface area contributed by atoms with Crippen molar-refractivity contribution in [2.75, 3.05) is 25.1 Å². The highest BCUT2D eigenvalue weighted by Crippen LogP contribution is 2.39. The summed E-state index contributed by atoms with van der Waals surface area (Å²) in [5.74, 6) is -1.05. The summed E-state index contributed by atoms with van der Waals surface area (Å²) in [6, 6.07) is 10.7. The average molecular weight is 548 g/mol. The lowest BCUT2D eigenvalue weighted by molar-refractivity contribution is -0.127. The molecule has 0 radical (unpaired) electrons. The highest BCUT2D eigenvalue weighted by atomic mass is 79.9. The van der Waals surface area contributed by atoms with Gasteiger partial charge in [0.05, 0.1) is 16.0 Å². The number of carbonyl (C=O) groups is 4. The molecule has 0 unspecified atom stereocenters. The van der Waals surface area contributed by atoms with Crippen LogP contribution in [0.4, 0.5) is 10.5 Å². The molecule has 11 heteroatoms. The first-order chi connectivity index (χ1) is 16.2. The van der Waals surface area contributed by atoms with Gasteiger partial charge in [-0.1, -0.05) is 12.1 Å². The maximum Gasteiger partial charge on any atom is 0.294 e. The Morgan fingerprint density at radius 1 is 1.21 bits per heavy atom. The van der Waals surface area contributed by atoms with Crippen molar-refractivity contribution in [2.24, 2.45) is 5.73 Å². The molecule has 0 aromatic heterocycles. The van der Waals surface area contributed by atoms with Crippen LogP contribution in [0.5, 0.6) is 11.5 Å². The summed E-state index contributed by atoms with van der Waals surface area (Å²) in [4.78, 5) is 48.9. The second-order valence-electron chi connectivity index (χ2n) is 7.20. The number of carbonyl (C=O) groups excluding carboxylic acids is 4. The third-order valence-corrected chi connectivity index (χ3v) is 5.96. The number of primary amides is 1. The molecule has 34 heavy (non-hydrogen) atoms. The minimum atomic E-state index is -0.780. The molecular weight excluding hydrogens is 526 g/mol. The summed E-state index contributed by atoms with van der Waals surface area (Å²) in [6.45, 7) is 3.32. The van der Waals surface area contributed by atoms with Gasteiger partial charge in [-0.15, -0.1) is 0 Å². The number of halogens is 1. The van der Waals surface area contributed by atoms with Crippen LogP contribution in [0.1, 0.15) is 18.1 Å². The van der Waals surface area contributed by atoms with E-state index in [1.807, 2.05) is 25.1 Å². The first-order valence-corrected chi connectivity index (χ1v) is 11.8. The lowest BCUT2D eigenvalue weighted by atomic mass is 10.2. The first kappa shape index (κ1) is 25.3. The topological polar surface area (TPSA) is 128 Å². The van der Waals surface area contributed by atoms with Crippen LogP contribution in [0.3, 0.4) is 0 Å². The number of hydrogen-bond acceptors (Lipinski definition) is 7. The zero-order valence-corrected chi connectivity index (χ0v) is 20.8. The van der Waals surface area contributed by atoms with Gasteiger partial charge in [-0.2, -0.15) is 0 Å². The van der Waals surface area contributed by atoms with Crippen LogP contribution >= 0.6 is 27.7 Å². The first-order valence-electron chi connectivity index (χ1n) is 10.2. The van der Waals surface area contributed by atoms with E-state index in [2.05, 4.69) is 21.2 Å². The van der Waals surface area contributed by atoms with Crippen molar-refractivity contribution >= 4 is 62.4 Å². The van der Waals surface area contributed by atoms with Crippen LogP contribution in [0.2, 0.25) is 0 Å². The predicted molar refractivity (Wildman–Crippen MR) is 132 cm³/mol. The Bertz CT molecular complexity index is 1180. The van der Waals surface area contributed by atoms with Crippen LogP contribution in [0.25, 0.3) is 6.08 Å². The molecule has 9 nitrogen and oxygen atoms in total. The molecule has 4 amide bonds. The molecule has 1 saturated heterocycles. The molecule has 0 aliphatic carbocycles. The third-order valence-electron chi connectivity index (χ3n) is 4.47. The molecule has 0 spiro atoms. The van der Waals surface area contributed by atoms with Crippen LogP contribution in [0, 0.1) is 6.92 Å². The molecule has 2 aromatic carbocycles. The molecule has 3 N–H and O–H groups in total. The van der Waals surface area contributed by atoms with Gasteiger partial charge in [0.1, 0.15) is 6.54 Å². The minimum absolute atomic E-state index is 0.145. The molecule has 0 saturated carbocycles. The number of thioether (sulfide) groups is 1. The van der Waals surface area contributed by atoms with E-state index >= 15 is 0 Å². The summed E-state index contributed by atoms with van der Waals surface area (Å²) in [7, 11) is 0. The Morgan fingerprint density at radius 3 is 2.65 bits per heavy atom. The summed E-state index contributed by atoms with van der Waals surface area (Å²) < 4.78 is 11.9. The van der Waals surface area contributed by atoms with Gasteiger partial charge in [0.15, 0.2) is 18.1 Å². The summed E-state index contributed by atoms with van der Waals surface area (Å²) in [5, 5.41) is 2.20. The fraction of sp³-hybridized carbons (Fsp3) is 0.217. The standard InChI is InChI=1S/C23H22BrN3O6S/c1-3-32-17-9-14(10-18-22(30)27(11-19(25)28)23(31)34-18)8-16(24)21(17)33-12-20(29)26-15-6-4-5-13(2)7-15/h4-10H,3,11-12H2,1-2H3,(H2,25,28)(H,26,29)/b18-10-. The predicted octanol–water partition coefficient (Wildman–Crippen LogP) is 3.70. The second kappa shape index (κ2) is 11.2. The van der Waals surface area contributed by atoms with Gasteiger partial charge in [0.25, 0.3) is 17.1 Å². The second-order valence-corrected chi connectivity index (χ2v) is 9.05. The van der Waals surface area contributed by atoms with Crippen LogP contribution in [0.15, 0.2) is 45.8 Å². The lowest BCUT2D eigenvalue weighted by Crippen LogP contribution is -2.36. The Labute approximate surface area is 208 Å². The molecule has 1 aliphatic heterocycles. The van der Waals surface area contributed by atoms with E-state index in [4.69, 9.17) is 15.2 Å². The normalized spacial score (nSPS) is 14.4. The number of aryl methyl sites for hydroxylation is 1. The molecule has 0 atom stereocenters. The zero-order valence-electron chi connectivity index (χ0n) is 18.4. The molecular formula is C23H22BrN3O6S. The summed E-state index contributed by atoms with van der Waals surface area (Å²) in [5.41, 5.74) is 7.34. The molecule has 1 heterocycles. The van der Waals surface area contributed by atoms with Gasteiger partial charge in [-0.25, -0.2) is 0 Å². The largest absolute Gasteiger partial charge is 0.490 e. The fourth-order valence-electron chi connectivity index (χ4n) is 3.08. The van der Waals surface area contributed by atoms with Gasteiger partial charge in [0, 0.05) is 5.69 Å². The van der Waals surface area contributed by atoms with Crippen LogP contribution in [-0.2, 0) is 14.4 Å². The third kappa shape index (κ3) is 6.39. The van der Waals surface area contributed by atoms with Gasteiger partial charge in [-0.05, 0) is 83.0 Å². The number of nitrogens with two attached hydrogens (primary N) is 1. The van der Waals surface area contributed by atoms with E-state index in [0.717, 1.165) is 10.5 Å². The Hall–Kier alpha value is -3.31. The van der Waals surface area contributed by atoms with Crippen molar-refractivity contribution in [1.82, 2.24) is 4.90 Å². The Kier molecular flexibility index (Phi) is 8.35. The number of imide groups is 1. The highest BCUT2D eigenvalue weighted by molar-refractivity contribution is 9.10. The van der Waals surface area contributed by atoms with Crippen molar-refractivity contribution < 1.29 is 28.7 Å². The molecule has 2 aromatic rings. The van der Waals surface area contributed by atoms with Crippen molar-refractivity contribution in [1.29, 1.82) is 0 Å². The number of hydrogen-bond donors (Lipinski definition) is 2. The molecule has 1 fully saturated rings. The summed E-state index contributed by atoms with van der Waals surface area (Å²) >= 11 is 4.13. The number of nitrogens with zero attached hydrogens (tertiary/aromatic N) is 1. The van der Waals surface area contributed by atoms with E-state index in [1.54, 1.807) is 25.1 Å². The average Bonchev–Trinajstić information content (AvgIpc) is 3.00. The van der Waals surface area contributed by atoms with Crippen LogP contribution < -0.4 is 20.5 Å². The number of anilines is 1. The monoisotopic (exact) mass is 547 g/mol. The van der Waals surface area contributed by atoms with E-state index in [0.29, 0.717) is 45.6 Å². The maximum atomic E-state index is 12.5. The highest BCUT2D eigenvalue weighted by Gasteiger charge is 2.35. The smallest absolute Gasteiger partial charge is 0.294 e. The van der Waals surface area contributed by atoms with E-state index in [9.17, 15) is 19.2 Å². The maximum absolute atomic E-state index is 12.5. The van der Waals surface area contributed by atoms with Gasteiger partial charge >= 0.3 is 0 Å². The lowest BCUT2D eigenvalue weighted by Gasteiger charge is -2.15. The zero-order chi connectivity index (χ0) is 24.8. The van der Waals surface area contributed by atoms with Gasteiger partial charge in [-0.3, -0.25) is 24.1 Å². The quantitative estimate of drug-likeness (QED) is 0.458. The van der Waals surface area contributed by atoms with Crippen molar-refractivity contribution in [3.63, 3.8) is 0 Å². The molecule has 1 aliphatic rings. The Balaban J connectivity index is 1.77. The number of ether oxygens (including phenoxy) is 2.